The zero-order valence-corrected chi connectivity index (χ0v) is 15.0. The van der Waals surface area contributed by atoms with Crippen molar-refractivity contribution in [1.29, 1.82) is 0 Å². The lowest BCUT2D eigenvalue weighted by Gasteiger charge is -2.07. The van der Waals surface area contributed by atoms with Crippen molar-refractivity contribution in [3.63, 3.8) is 0 Å². The third kappa shape index (κ3) is 6.39. The Morgan fingerprint density at radius 3 is 2.56 bits per heavy atom. The van der Waals surface area contributed by atoms with E-state index in [1.165, 1.54) is 18.2 Å². The normalized spacial score (nSPS) is 10.6. The third-order valence-corrected chi connectivity index (χ3v) is 3.74. The lowest BCUT2D eigenvalue weighted by molar-refractivity contribution is -0.384. The summed E-state index contributed by atoms with van der Waals surface area (Å²) in [7, 11) is 0. The van der Waals surface area contributed by atoms with E-state index in [9.17, 15) is 19.7 Å². The summed E-state index contributed by atoms with van der Waals surface area (Å²) >= 11 is 0. The fourth-order valence-corrected chi connectivity index (χ4v) is 2.28. The lowest BCUT2D eigenvalue weighted by atomic mass is 10.1. The maximum Gasteiger partial charge on any atom is 0.269 e. The second kappa shape index (κ2) is 9.86. The van der Waals surface area contributed by atoms with Crippen molar-refractivity contribution in [1.82, 2.24) is 5.32 Å². The molecular formula is C20H21N3O4. The van der Waals surface area contributed by atoms with Crippen molar-refractivity contribution in [3.8, 4) is 0 Å². The van der Waals surface area contributed by atoms with Crippen LogP contribution >= 0.6 is 0 Å². The molecular weight excluding hydrogens is 346 g/mol. The highest BCUT2D eigenvalue weighted by Crippen LogP contribution is 2.14. The number of anilines is 1. The smallest absolute Gasteiger partial charge is 0.269 e. The molecule has 0 saturated carbocycles. The maximum absolute atomic E-state index is 12.1. The molecule has 0 fully saturated rings. The number of hydrogen-bond donors (Lipinski definition) is 2. The molecule has 0 aliphatic heterocycles. The van der Waals surface area contributed by atoms with Gasteiger partial charge in [-0.1, -0.05) is 19.4 Å². The van der Waals surface area contributed by atoms with Crippen LogP contribution < -0.4 is 10.6 Å². The van der Waals surface area contributed by atoms with E-state index in [0.29, 0.717) is 23.4 Å². The van der Waals surface area contributed by atoms with E-state index in [2.05, 4.69) is 10.6 Å². The summed E-state index contributed by atoms with van der Waals surface area (Å²) in [6, 6.07) is 12.6. The van der Waals surface area contributed by atoms with Crippen LogP contribution in [0.2, 0.25) is 0 Å². The molecule has 27 heavy (non-hydrogen) atoms. The number of nitro benzene ring substituents is 1. The zero-order chi connectivity index (χ0) is 19.6. The van der Waals surface area contributed by atoms with Crippen molar-refractivity contribution < 1.29 is 14.5 Å². The molecule has 0 radical (unpaired) electrons. The number of amides is 2. The Bertz CT molecular complexity index is 845. The van der Waals surface area contributed by atoms with Crippen LogP contribution in [0.15, 0.2) is 54.6 Å². The number of rotatable bonds is 8. The van der Waals surface area contributed by atoms with Crippen LogP contribution in [-0.4, -0.2) is 23.3 Å². The van der Waals surface area contributed by atoms with E-state index in [1.807, 2.05) is 6.92 Å². The molecule has 0 aromatic heterocycles. The van der Waals surface area contributed by atoms with Gasteiger partial charge in [0.25, 0.3) is 11.6 Å². The fourth-order valence-electron chi connectivity index (χ4n) is 2.28. The van der Waals surface area contributed by atoms with Gasteiger partial charge in [-0.2, -0.15) is 0 Å². The standard InChI is InChI=1S/C20H21N3O4/c1-2-3-13-21-20(25)16-5-4-6-17(14-16)22-19(24)12-9-15-7-10-18(11-8-15)23(26)27/h4-12,14H,2-3,13H2,1H3,(H,21,25)(H,22,24)/b12-9+. The van der Waals surface area contributed by atoms with Crippen molar-refractivity contribution in [3.05, 3.63) is 75.8 Å². The van der Waals surface area contributed by atoms with Crippen LogP contribution in [0.1, 0.15) is 35.7 Å². The van der Waals surface area contributed by atoms with Crippen LogP contribution in [0.4, 0.5) is 11.4 Å². The molecule has 0 atom stereocenters. The van der Waals surface area contributed by atoms with E-state index in [4.69, 9.17) is 0 Å². The van der Waals surface area contributed by atoms with Crippen molar-refractivity contribution in [2.45, 2.75) is 19.8 Å². The number of nitrogens with zero attached hydrogens (tertiary/aromatic N) is 1. The molecule has 2 N–H and O–H groups in total. The minimum atomic E-state index is -0.481. The average molecular weight is 367 g/mol. The summed E-state index contributed by atoms with van der Waals surface area (Å²) in [4.78, 5) is 34.2. The first kappa shape index (κ1) is 19.8. The Labute approximate surface area is 157 Å². The molecule has 0 bridgehead atoms. The summed E-state index contributed by atoms with van der Waals surface area (Å²) in [5, 5.41) is 16.1. The van der Waals surface area contributed by atoms with Gasteiger partial charge in [-0.25, -0.2) is 0 Å². The van der Waals surface area contributed by atoms with Gasteiger partial charge in [-0.05, 0) is 48.4 Å². The average Bonchev–Trinajstić information content (AvgIpc) is 2.67. The van der Waals surface area contributed by atoms with Gasteiger partial charge in [0.1, 0.15) is 0 Å². The number of hydrogen-bond acceptors (Lipinski definition) is 4. The molecule has 0 aliphatic carbocycles. The summed E-state index contributed by atoms with van der Waals surface area (Å²) in [6.07, 6.45) is 4.79. The lowest BCUT2D eigenvalue weighted by Crippen LogP contribution is -2.24. The molecule has 7 nitrogen and oxygen atoms in total. The number of benzene rings is 2. The molecule has 0 spiro atoms. The van der Waals surface area contributed by atoms with Gasteiger partial charge in [0, 0.05) is 36.0 Å². The SMILES string of the molecule is CCCCNC(=O)c1cccc(NC(=O)/C=C/c2ccc([N+](=O)[O-])cc2)c1. The number of nitro groups is 1. The van der Waals surface area contributed by atoms with Gasteiger partial charge in [-0.15, -0.1) is 0 Å². The van der Waals surface area contributed by atoms with E-state index >= 15 is 0 Å². The fraction of sp³-hybridized carbons (Fsp3) is 0.200. The van der Waals surface area contributed by atoms with E-state index in [0.717, 1.165) is 12.8 Å². The topological polar surface area (TPSA) is 101 Å². The van der Waals surface area contributed by atoms with Gasteiger partial charge in [0.15, 0.2) is 0 Å². The summed E-state index contributed by atoms with van der Waals surface area (Å²) in [6.45, 7) is 2.66. The van der Waals surface area contributed by atoms with Crippen LogP contribution in [0.5, 0.6) is 0 Å². The number of unbranched alkanes of at least 4 members (excludes halogenated alkanes) is 1. The van der Waals surface area contributed by atoms with E-state index < -0.39 is 4.92 Å². The molecule has 0 unspecified atom stereocenters. The molecule has 0 saturated heterocycles. The van der Waals surface area contributed by atoms with E-state index in [1.54, 1.807) is 42.5 Å². The number of nitrogens with one attached hydrogen (secondary N) is 2. The Balaban J connectivity index is 1.96. The third-order valence-electron chi connectivity index (χ3n) is 3.74. The molecule has 2 amide bonds. The van der Waals surface area contributed by atoms with Gasteiger partial charge in [-0.3, -0.25) is 19.7 Å². The minimum absolute atomic E-state index is 0.00868. The zero-order valence-electron chi connectivity index (χ0n) is 15.0. The second-order valence-corrected chi connectivity index (χ2v) is 5.86. The van der Waals surface area contributed by atoms with Crippen LogP contribution in [0.25, 0.3) is 6.08 Å². The number of carbonyl (C=O) groups excluding carboxylic acids is 2. The monoisotopic (exact) mass is 367 g/mol. The van der Waals surface area contributed by atoms with Crippen LogP contribution in [0, 0.1) is 10.1 Å². The minimum Gasteiger partial charge on any atom is -0.352 e. The Hall–Kier alpha value is -3.48. The highest BCUT2D eigenvalue weighted by atomic mass is 16.6. The van der Waals surface area contributed by atoms with Gasteiger partial charge < -0.3 is 10.6 Å². The van der Waals surface area contributed by atoms with Crippen molar-refractivity contribution in [2.75, 3.05) is 11.9 Å². The largest absolute Gasteiger partial charge is 0.352 e. The predicted octanol–water partition coefficient (Wildman–Crippen LogP) is 3.78. The summed E-state index contributed by atoms with van der Waals surface area (Å²) in [5.41, 5.74) is 1.64. The molecule has 0 aliphatic rings. The number of non-ortho nitro benzene ring substituents is 1. The molecule has 2 aromatic carbocycles. The Morgan fingerprint density at radius 1 is 1.15 bits per heavy atom. The molecule has 7 heteroatoms. The number of carbonyl (C=O) groups is 2. The maximum atomic E-state index is 12.1. The van der Waals surface area contributed by atoms with Crippen molar-refractivity contribution in [2.24, 2.45) is 0 Å². The van der Waals surface area contributed by atoms with Crippen LogP contribution in [0.3, 0.4) is 0 Å². The Kier molecular flexibility index (Phi) is 7.25. The van der Waals surface area contributed by atoms with Gasteiger partial charge >= 0.3 is 0 Å². The summed E-state index contributed by atoms with van der Waals surface area (Å²) < 4.78 is 0. The molecule has 140 valence electrons. The first-order chi connectivity index (χ1) is 13.0. The summed E-state index contributed by atoms with van der Waals surface area (Å²) in [5.74, 6) is -0.544. The molecule has 2 rings (SSSR count). The quantitative estimate of drug-likeness (QED) is 0.321. The first-order valence-corrected chi connectivity index (χ1v) is 8.61. The molecule has 2 aromatic rings. The Morgan fingerprint density at radius 2 is 1.89 bits per heavy atom. The van der Waals surface area contributed by atoms with Crippen LogP contribution in [-0.2, 0) is 4.79 Å². The highest BCUT2D eigenvalue weighted by Gasteiger charge is 2.07. The van der Waals surface area contributed by atoms with Gasteiger partial charge in [0.2, 0.25) is 5.91 Å². The van der Waals surface area contributed by atoms with Gasteiger partial charge in [0.05, 0.1) is 4.92 Å². The van der Waals surface area contributed by atoms with Crippen molar-refractivity contribution >= 4 is 29.3 Å². The first-order valence-electron chi connectivity index (χ1n) is 8.61. The second-order valence-electron chi connectivity index (χ2n) is 5.86. The van der Waals surface area contributed by atoms with E-state index in [-0.39, 0.29) is 17.5 Å². The highest BCUT2D eigenvalue weighted by molar-refractivity contribution is 6.03. The predicted molar refractivity (Wildman–Crippen MR) is 104 cm³/mol. The molecule has 0 heterocycles.